The first-order valence-electron chi connectivity index (χ1n) is 6.30. The lowest BCUT2D eigenvalue weighted by atomic mass is 10.0. The highest BCUT2D eigenvalue weighted by molar-refractivity contribution is 5.34. The molecular formula is C15H21N3. The van der Waals surface area contributed by atoms with E-state index in [4.69, 9.17) is 5.73 Å². The molecule has 0 bridgehead atoms. The van der Waals surface area contributed by atoms with Gasteiger partial charge >= 0.3 is 0 Å². The summed E-state index contributed by atoms with van der Waals surface area (Å²) in [5, 5.41) is 0. The number of hydrogen-bond acceptors (Lipinski definition) is 2. The van der Waals surface area contributed by atoms with Crippen LogP contribution in [0.5, 0.6) is 0 Å². The van der Waals surface area contributed by atoms with Crippen molar-refractivity contribution < 1.29 is 0 Å². The third kappa shape index (κ3) is 2.31. The molecule has 3 nitrogen and oxygen atoms in total. The molecule has 2 rings (SSSR count). The quantitative estimate of drug-likeness (QED) is 0.899. The van der Waals surface area contributed by atoms with Gasteiger partial charge in [0.2, 0.25) is 0 Å². The van der Waals surface area contributed by atoms with Crippen LogP contribution >= 0.6 is 0 Å². The number of nitrogens with zero attached hydrogens (tertiary/aromatic N) is 2. The predicted molar refractivity (Wildman–Crippen MR) is 74.6 cm³/mol. The molecule has 1 aromatic heterocycles. The minimum atomic E-state index is 0.490. The fourth-order valence-corrected chi connectivity index (χ4v) is 2.22. The lowest BCUT2D eigenvalue weighted by Gasteiger charge is -2.06. The fourth-order valence-electron chi connectivity index (χ4n) is 2.22. The van der Waals surface area contributed by atoms with Gasteiger partial charge in [-0.25, -0.2) is 4.98 Å². The van der Waals surface area contributed by atoms with E-state index in [1.54, 1.807) is 0 Å². The number of benzene rings is 1. The molecule has 0 aliphatic heterocycles. The smallest absolute Gasteiger partial charge is 0.122 e. The van der Waals surface area contributed by atoms with E-state index >= 15 is 0 Å². The van der Waals surface area contributed by atoms with E-state index in [2.05, 4.69) is 48.5 Å². The van der Waals surface area contributed by atoms with E-state index < -0.39 is 0 Å². The molecule has 2 N–H and O–H groups in total. The average Bonchev–Trinajstić information content (AvgIpc) is 2.62. The molecule has 1 aromatic carbocycles. The molecule has 0 unspecified atom stereocenters. The van der Waals surface area contributed by atoms with Gasteiger partial charge in [-0.1, -0.05) is 23.8 Å². The topological polar surface area (TPSA) is 43.8 Å². The zero-order valence-corrected chi connectivity index (χ0v) is 11.6. The van der Waals surface area contributed by atoms with Gasteiger partial charge in [0.25, 0.3) is 0 Å². The van der Waals surface area contributed by atoms with Crippen molar-refractivity contribution in [3.05, 3.63) is 52.1 Å². The minimum absolute atomic E-state index is 0.490. The summed E-state index contributed by atoms with van der Waals surface area (Å²) in [4.78, 5) is 4.63. The predicted octanol–water partition coefficient (Wildman–Crippen LogP) is 2.39. The average molecular weight is 243 g/mol. The molecule has 0 amide bonds. The molecule has 0 aliphatic carbocycles. The number of aryl methyl sites for hydroxylation is 2. The summed E-state index contributed by atoms with van der Waals surface area (Å²) in [7, 11) is 2.02. The number of hydrogen-bond donors (Lipinski definition) is 1. The van der Waals surface area contributed by atoms with Crippen LogP contribution in [0.4, 0.5) is 0 Å². The molecule has 0 fully saturated rings. The Morgan fingerprint density at radius 2 is 1.94 bits per heavy atom. The van der Waals surface area contributed by atoms with Gasteiger partial charge in [-0.05, 0) is 31.9 Å². The molecule has 3 heteroatoms. The van der Waals surface area contributed by atoms with Gasteiger partial charge in [-0.2, -0.15) is 0 Å². The molecular weight excluding hydrogens is 222 g/mol. The van der Waals surface area contributed by atoms with Crippen molar-refractivity contribution in [2.24, 2.45) is 12.8 Å². The number of rotatable bonds is 3. The lowest BCUT2D eigenvalue weighted by Crippen LogP contribution is -2.05. The molecule has 0 atom stereocenters. The summed E-state index contributed by atoms with van der Waals surface area (Å²) in [6.07, 6.45) is 0.882. The van der Waals surface area contributed by atoms with E-state index in [-0.39, 0.29) is 0 Å². The summed E-state index contributed by atoms with van der Waals surface area (Å²) in [5.41, 5.74) is 12.0. The summed E-state index contributed by atoms with van der Waals surface area (Å²) in [6, 6.07) is 6.56. The Bertz CT molecular complexity index is 567. The van der Waals surface area contributed by atoms with Crippen LogP contribution < -0.4 is 5.73 Å². The Morgan fingerprint density at radius 1 is 1.22 bits per heavy atom. The second kappa shape index (κ2) is 4.94. The summed E-state index contributed by atoms with van der Waals surface area (Å²) < 4.78 is 2.08. The Kier molecular flexibility index (Phi) is 3.53. The standard InChI is InChI=1S/C15H21N3/c1-10-5-6-11(2)13(7-10)8-14-12(3)18(4)15(9-16)17-14/h5-7H,8-9,16H2,1-4H3. The second-order valence-corrected chi connectivity index (χ2v) is 4.93. The highest BCUT2D eigenvalue weighted by atomic mass is 15.1. The van der Waals surface area contributed by atoms with Crippen LogP contribution in [-0.4, -0.2) is 9.55 Å². The molecule has 18 heavy (non-hydrogen) atoms. The van der Waals surface area contributed by atoms with Crippen molar-refractivity contribution in [3.63, 3.8) is 0 Å². The molecule has 0 aliphatic rings. The van der Waals surface area contributed by atoms with Crippen LogP contribution in [0.1, 0.15) is 33.9 Å². The Hall–Kier alpha value is -1.61. The van der Waals surface area contributed by atoms with Crippen LogP contribution in [-0.2, 0) is 20.0 Å². The molecule has 2 aromatic rings. The van der Waals surface area contributed by atoms with Crippen LogP contribution in [0.2, 0.25) is 0 Å². The Balaban J connectivity index is 2.37. The number of aromatic nitrogens is 2. The van der Waals surface area contributed by atoms with Gasteiger partial charge in [0.15, 0.2) is 0 Å². The summed E-state index contributed by atoms with van der Waals surface area (Å²) in [5.74, 6) is 0.952. The third-order valence-electron chi connectivity index (χ3n) is 3.62. The van der Waals surface area contributed by atoms with Crippen molar-refractivity contribution in [1.29, 1.82) is 0 Å². The molecule has 1 heterocycles. The van der Waals surface area contributed by atoms with Gasteiger partial charge < -0.3 is 10.3 Å². The van der Waals surface area contributed by atoms with E-state index in [1.165, 1.54) is 22.4 Å². The highest BCUT2D eigenvalue weighted by Crippen LogP contribution is 2.18. The zero-order chi connectivity index (χ0) is 13.3. The van der Waals surface area contributed by atoms with Crippen molar-refractivity contribution in [2.75, 3.05) is 0 Å². The van der Waals surface area contributed by atoms with Crippen molar-refractivity contribution in [2.45, 2.75) is 33.7 Å². The van der Waals surface area contributed by atoms with E-state index in [1.807, 2.05) is 7.05 Å². The Labute approximate surface area is 109 Å². The molecule has 0 radical (unpaired) electrons. The van der Waals surface area contributed by atoms with E-state index in [9.17, 15) is 0 Å². The zero-order valence-electron chi connectivity index (χ0n) is 11.6. The SMILES string of the molecule is Cc1ccc(C)c(Cc2nc(CN)n(C)c2C)c1. The van der Waals surface area contributed by atoms with E-state index in [0.717, 1.165) is 17.9 Å². The van der Waals surface area contributed by atoms with Gasteiger partial charge in [0, 0.05) is 19.2 Å². The largest absolute Gasteiger partial charge is 0.334 e. The van der Waals surface area contributed by atoms with Crippen LogP contribution in [0.25, 0.3) is 0 Å². The monoisotopic (exact) mass is 243 g/mol. The Morgan fingerprint density at radius 3 is 2.56 bits per heavy atom. The molecule has 96 valence electrons. The normalized spacial score (nSPS) is 10.9. The second-order valence-electron chi connectivity index (χ2n) is 4.93. The van der Waals surface area contributed by atoms with Crippen LogP contribution in [0.3, 0.4) is 0 Å². The fraction of sp³-hybridized carbons (Fsp3) is 0.400. The minimum Gasteiger partial charge on any atom is -0.334 e. The maximum atomic E-state index is 5.70. The van der Waals surface area contributed by atoms with Gasteiger partial charge in [-0.15, -0.1) is 0 Å². The van der Waals surface area contributed by atoms with Crippen molar-refractivity contribution in [3.8, 4) is 0 Å². The first-order chi connectivity index (χ1) is 8.52. The molecule has 0 spiro atoms. The maximum Gasteiger partial charge on any atom is 0.122 e. The maximum absolute atomic E-state index is 5.70. The van der Waals surface area contributed by atoms with Crippen LogP contribution in [0.15, 0.2) is 18.2 Å². The van der Waals surface area contributed by atoms with Gasteiger partial charge in [0.1, 0.15) is 5.82 Å². The number of imidazole rings is 1. The highest BCUT2D eigenvalue weighted by Gasteiger charge is 2.11. The first kappa shape index (κ1) is 12.8. The molecule has 0 saturated carbocycles. The van der Waals surface area contributed by atoms with Gasteiger partial charge in [0.05, 0.1) is 12.2 Å². The van der Waals surface area contributed by atoms with Crippen LogP contribution in [0, 0.1) is 20.8 Å². The van der Waals surface area contributed by atoms with Gasteiger partial charge in [-0.3, -0.25) is 0 Å². The van der Waals surface area contributed by atoms with Crippen molar-refractivity contribution in [1.82, 2.24) is 9.55 Å². The summed E-state index contributed by atoms with van der Waals surface area (Å²) in [6.45, 7) is 6.87. The summed E-state index contributed by atoms with van der Waals surface area (Å²) >= 11 is 0. The van der Waals surface area contributed by atoms with Crippen molar-refractivity contribution >= 4 is 0 Å². The lowest BCUT2D eigenvalue weighted by molar-refractivity contribution is 0.774. The number of nitrogens with two attached hydrogens (primary N) is 1. The third-order valence-corrected chi connectivity index (χ3v) is 3.62. The first-order valence-corrected chi connectivity index (χ1v) is 6.30. The molecule has 0 saturated heterocycles. The van der Waals surface area contributed by atoms with E-state index in [0.29, 0.717) is 6.54 Å².